The van der Waals surface area contributed by atoms with Gasteiger partial charge in [0.15, 0.2) is 0 Å². The number of likely N-dealkylation sites (tertiary alicyclic amines) is 1. The molecule has 1 aromatic rings. The maximum atomic E-state index is 14.1. The molecule has 1 fully saturated rings. The van der Waals surface area contributed by atoms with Crippen LogP contribution in [0.25, 0.3) is 0 Å². The molecule has 0 bridgehead atoms. The number of carboxylic acids is 1. The van der Waals surface area contributed by atoms with Crippen molar-refractivity contribution in [2.24, 2.45) is 5.41 Å². The van der Waals surface area contributed by atoms with E-state index < -0.39 is 17.2 Å². The summed E-state index contributed by atoms with van der Waals surface area (Å²) in [5, 5.41) is 18.3. The van der Waals surface area contributed by atoms with Gasteiger partial charge >= 0.3 is 5.97 Å². The lowest BCUT2D eigenvalue weighted by atomic mass is 9.77. The van der Waals surface area contributed by atoms with Crippen LogP contribution in [0.15, 0.2) is 18.2 Å². The third-order valence-electron chi connectivity index (χ3n) is 4.38. The Bertz CT molecular complexity index is 582. The van der Waals surface area contributed by atoms with E-state index in [2.05, 4.69) is 0 Å². The van der Waals surface area contributed by atoms with Gasteiger partial charge in [0.05, 0.1) is 11.0 Å². The van der Waals surface area contributed by atoms with Crippen LogP contribution in [-0.4, -0.2) is 29.1 Å². The van der Waals surface area contributed by atoms with E-state index in [9.17, 15) is 14.3 Å². The van der Waals surface area contributed by atoms with Crippen molar-refractivity contribution in [1.82, 2.24) is 4.90 Å². The molecule has 1 aliphatic rings. The van der Waals surface area contributed by atoms with Crippen LogP contribution < -0.4 is 0 Å². The number of carboxylic acid groups (broad SMARTS) is 1. The van der Waals surface area contributed by atoms with Gasteiger partial charge in [0.2, 0.25) is 0 Å². The number of benzene rings is 1. The van der Waals surface area contributed by atoms with Crippen LogP contribution in [0.2, 0.25) is 0 Å². The molecule has 0 aromatic heterocycles. The molecular formula is C16H19FN2O2. The highest BCUT2D eigenvalue weighted by atomic mass is 19.1. The lowest BCUT2D eigenvalue weighted by Crippen LogP contribution is -2.47. The van der Waals surface area contributed by atoms with Crippen LogP contribution in [-0.2, 0) is 11.3 Å². The fourth-order valence-electron chi connectivity index (χ4n) is 3.01. The monoisotopic (exact) mass is 290 g/mol. The van der Waals surface area contributed by atoms with Crippen molar-refractivity contribution in [3.05, 3.63) is 35.1 Å². The van der Waals surface area contributed by atoms with E-state index >= 15 is 0 Å². The number of aliphatic carboxylic acids is 1. The predicted molar refractivity (Wildman–Crippen MR) is 76.0 cm³/mol. The summed E-state index contributed by atoms with van der Waals surface area (Å²) >= 11 is 0. The molecule has 5 heteroatoms. The van der Waals surface area contributed by atoms with Crippen LogP contribution in [0, 0.1) is 22.6 Å². The number of nitrogens with zero attached hydrogens (tertiary/aromatic N) is 2. The quantitative estimate of drug-likeness (QED) is 0.926. The molecule has 0 spiro atoms. The molecule has 0 radical (unpaired) electrons. The molecule has 1 atom stereocenters. The number of carbonyl (C=O) groups is 1. The Hall–Kier alpha value is -1.93. The summed E-state index contributed by atoms with van der Waals surface area (Å²) in [4.78, 5) is 13.5. The fraction of sp³-hybridized carbons (Fsp3) is 0.500. The Balaban J connectivity index is 2.17. The lowest BCUT2D eigenvalue weighted by molar-refractivity contribution is -0.153. The van der Waals surface area contributed by atoms with Gasteiger partial charge in [0.1, 0.15) is 11.9 Å². The van der Waals surface area contributed by atoms with Crippen molar-refractivity contribution < 1.29 is 14.3 Å². The Morgan fingerprint density at radius 1 is 1.57 bits per heavy atom. The van der Waals surface area contributed by atoms with Crippen molar-refractivity contribution in [2.45, 2.75) is 32.7 Å². The Kier molecular flexibility index (Phi) is 4.59. The topological polar surface area (TPSA) is 64.3 Å². The van der Waals surface area contributed by atoms with Gasteiger partial charge in [-0.25, -0.2) is 4.39 Å². The molecule has 0 saturated carbocycles. The van der Waals surface area contributed by atoms with Gasteiger partial charge in [-0.05, 0) is 31.9 Å². The first kappa shape index (κ1) is 15.5. The van der Waals surface area contributed by atoms with Gasteiger partial charge in [-0.2, -0.15) is 5.26 Å². The van der Waals surface area contributed by atoms with Crippen LogP contribution in [0.1, 0.15) is 37.3 Å². The summed E-state index contributed by atoms with van der Waals surface area (Å²) in [5.74, 6) is -1.27. The van der Waals surface area contributed by atoms with E-state index in [0.29, 0.717) is 31.5 Å². The maximum Gasteiger partial charge on any atom is 0.310 e. The Morgan fingerprint density at radius 3 is 2.95 bits per heavy atom. The molecule has 1 unspecified atom stereocenters. The summed E-state index contributed by atoms with van der Waals surface area (Å²) in [6, 6.07) is 6.59. The number of rotatable bonds is 4. The van der Waals surface area contributed by atoms with Gasteiger partial charge in [0, 0.05) is 18.7 Å². The zero-order valence-electron chi connectivity index (χ0n) is 12.1. The summed E-state index contributed by atoms with van der Waals surface area (Å²) in [6.45, 7) is 3.41. The van der Waals surface area contributed by atoms with E-state index in [0.717, 1.165) is 13.0 Å². The smallest absolute Gasteiger partial charge is 0.310 e. The van der Waals surface area contributed by atoms with Crippen LogP contribution >= 0.6 is 0 Å². The Labute approximate surface area is 123 Å². The number of nitriles is 1. The van der Waals surface area contributed by atoms with Crippen molar-refractivity contribution in [3.63, 3.8) is 0 Å². The van der Waals surface area contributed by atoms with E-state index in [1.807, 2.05) is 17.9 Å². The van der Waals surface area contributed by atoms with E-state index in [1.54, 1.807) is 12.1 Å². The highest BCUT2D eigenvalue weighted by Gasteiger charge is 2.40. The van der Waals surface area contributed by atoms with Gasteiger partial charge in [-0.3, -0.25) is 9.69 Å². The standard InChI is InChI=1S/C16H19FN2O2/c1-2-16(15(20)21)7-4-8-19(11-16)10-13-6-3-5-12(9-18)14(13)17/h3,5-6H,2,4,7-8,10-11H2,1H3,(H,20,21). The molecule has 2 rings (SSSR count). The zero-order chi connectivity index (χ0) is 15.5. The molecule has 1 N–H and O–H groups in total. The first-order chi connectivity index (χ1) is 10.0. The highest BCUT2D eigenvalue weighted by Crippen LogP contribution is 2.34. The van der Waals surface area contributed by atoms with Crippen LogP contribution in [0.5, 0.6) is 0 Å². The SMILES string of the molecule is CCC1(C(=O)O)CCCN(Cc2cccc(C#N)c2F)C1. The second kappa shape index (κ2) is 6.23. The van der Waals surface area contributed by atoms with Gasteiger partial charge in [-0.1, -0.05) is 19.1 Å². The highest BCUT2D eigenvalue weighted by molar-refractivity contribution is 5.75. The molecule has 0 aliphatic carbocycles. The van der Waals surface area contributed by atoms with Crippen LogP contribution in [0.3, 0.4) is 0 Å². The number of hydrogen-bond acceptors (Lipinski definition) is 3. The third-order valence-corrected chi connectivity index (χ3v) is 4.38. The fourth-order valence-corrected chi connectivity index (χ4v) is 3.01. The molecule has 1 aromatic carbocycles. The van der Waals surface area contributed by atoms with E-state index in [1.165, 1.54) is 6.07 Å². The minimum Gasteiger partial charge on any atom is -0.481 e. The van der Waals surface area contributed by atoms with Crippen molar-refractivity contribution >= 4 is 5.97 Å². The van der Waals surface area contributed by atoms with Crippen LogP contribution in [0.4, 0.5) is 4.39 Å². The second-order valence-corrected chi connectivity index (χ2v) is 5.64. The second-order valence-electron chi connectivity index (χ2n) is 5.64. The lowest BCUT2D eigenvalue weighted by Gasteiger charge is -2.39. The average Bonchev–Trinajstić information content (AvgIpc) is 2.49. The largest absolute Gasteiger partial charge is 0.481 e. The molecule has 1 aliphatic heterocycles. The third kappa shape index (κ3) is 3.06. The molecule has 21 heavy (non-hydrogen) atoms. The normalized spacial score (nSPS) is 22.7. The minimum atomic E-state index is -0.777. The first-order valence-corrected chi connectivity index (χ1v) is 7.15. The number of piperidine rings is 1. The summed E-state index contributed by atoms with van der Waals surface area (Å²) < 4.78 is 14.1. The van der Waals surface area contributed by atoms with Crippen molar-refractivity contribution in [2.75, 3.05) is 13.1 Å². The summed E-state index contributed by atoms with van der Waals surface area (Å²) in [6.07, 6.45) is 2.02. The molecular weight excluding hydrogens is 271 g/mol. The number of hydrogen-bond donors (Lipinski definition) is 1. The Morgan fingerprint density at radius 2 is 2.33 bits per heavy atom. The van der Waals surface area contributed by atoms with Gasteiger partial charge in [0.25, 0.3) is 0 Å². The molecule has 0 amide bonds. The molecule has 4 nitrogen and oxygen atoms in total. The molecule has 112 valence electrons. The maximum absolute atomic E-state index is 14.1. The summed E-state index contributed by atoms with van der Waals surface area (Å²) in [5.41, 5.74) is -0.252. The average molecular weight is 290 g/mol. The van der Waals surface area contributed by atoms with E-state index in [-0.39, 0.29) is 5.56 Å². The van der Waals surface area contributed by atoms with Gasteiger partial charge in [-0.15, -0.1) is 0 Å². The predicted octanol–water partition coefficient (Wildman–Crippen LogP) is 2.77. The summed E-state index contributed by atoms with van der Waals surface area (Å²) in [7, 11) is 0. The zero-order valence-corrected chi connectivity index (χ0v) is 12.1. The molecule has 1 heterocycles. The van der Waals surface area contributed by atoms with Crippen molar-refractivity contribution in [1.29, 1.82) is 5.26 Å². The number of halogens is 1. The molecule has 1 saturated heterocycles. The first-order valence-electron chi connectivity index (χ1n) is 7.15. The minimum absolute atomic E-state index is 0.0319. The van der Waals surface area contributed by atoms with E-state index in [4.69, 9.17) is 5.26 Å². The van der Waals surface area contributed by atoms with Gasteiger partial charge < -0.3 is 5.11 Å². The van der Waals surface area contributed by atoms with Crippen molar-refractivity contribution in [3.8, 4) is 6.07 Å².